The van der Waals surface area contributed by atoms with Gasteiger partial charge in [-0.3, -0.25) is 4.79 Å². The second-order valence-electron chi connectivity index (χ2n) is 6.14. The van der Waals surface area contributed by atoms with Crippen LogP contribution in [-0.2, 0) is 11.3 Å². The highest BCUT2D eigenvalue weighted by atomic mass is 19.1. The van der Waals surface area contributed by atoms with Crippen LogP contribution in [0.25, 0.3) is 11.0 Å². The van der Waals surface area contributed by atoms with Crippen molar-refractivity contribution in [3.05, 3.63) is 53.5 Å². The van der Waals surface area contributed by atoms with E-state index in [0.29, 0.717) is 41.5 Å². The van der Waals surface area contributed by atoms with Crippen LogP contribution in [0.2, 0.25) is 0 Å². The number of fused-ring (bicyclic) bond motifs is 1. The van der Waals surface area contributed by atoms with Crippen molar-refractivity contribution in [2.75, 3.05) is 13.7 Å². The van der Waals surface area contributed by atoms with E-state index in [0.717, 1.165) is 12.8 Å². The number of nitrogens with zero attached hydrogens (tertiary/aromatic N) is 2. The largest absolute Gasteiger partial charge is 0.453 e. The number of amides is 1. The zero-order chi connectivity index (χ0) is 17.4. The van der Waals surface area contributed by atoms with Gasteiger partial charge in [0.15, 0.2) is 5.76 Å². The first kappa shape index (κ1) is 15.8. The Hall–Kier alpha value is -2.67. The van der Waals surface area contributed by atoms with Crippen molar-refractivity contribution in [3.8, 4) is 0 Å². The smallest absolute Gasteiger partial charge is 0.290 e. The third-order valence-electron chi connectivity index (χ3n) is 4.45. The topological polar surface area (TPSA) is 71.4 Å². The number of methoxy groups -OCH3 is 1. The second kappa shape index (κ2) is 6.33. The Morgan fingerprint density at radius 3 is 3.16 bits per heavy atom. The van der Waals surface area contributed by atoms with Crippen LogP contribution < -0.4 is 0 Å². The summed E-state index contributed by atoms with van der Waals surface area (Å²) in [4.78, 5) is 22.2. The third kappa shape index (κ3) is 2.91. The molecule has 0 spiro atoms. The van der Waals surface area contributed by atoms with E-state index in [2.05, 4.69) is 9.97 Å². The fraction of sp³-hybridized carbons (Fsp3) is 0.333. The van der Waals surface area contributed by atoms with E-state index >= 15 is 0 Å². The summed E-state index contributed by atoms with van der Waals surface area (Å²) in [6, 6.07) is 7.67. The number of nitrogens with one attached hydrogen (secondary N) is 1. The maximum atomic E-state index is 13.4. The maximum Gasteiger partial charge on any atom is 0.290 e. The Morgan fingerprint density at radius 1 is 1.44 bits per heavy atom. The van der Waals surface area contributed by atoms with E-state index < -0.39 is 0 Å². The first-order valence-corrected chi connectivity index (χ1v) is 8.19. The standard InChI is InChI=1S/C18H18FN3O3/c1-24-10-12-5-7-16(25-12)18(23)22-8-2-3-15(22)17-20-13-6-4-11(19)9-14(13)21-17/h4-7,9,15H,2-3,8,10H2,1H3,(H,20,21)/t15-/m1/s1. The van der Waals surface area contributed by atoms with Crippen LogP contribution in [0.1, 0.15) is 41.0 Å². The van der Waals surface area contributed by atoms with Gasteiger partial charge in [0.1, 0.15) is 24.0 Å². The molecule has 0 radical (unpaired) electrons. The summed E-state index contributed by atoms with van der Waals surface area (Å²) in [5.74, 6) is 1.09. The van der Waals surface area contributed by atoms with Crippen LogP contribution in [0.3, 0.4) is 0 Å². The van der Waals surface area contributed by atoms with Gasteiger partial charge in [0.2, 0.25) is 0 Å². The van der Waals surface area contributed by atoms with E-state index in [4.69, 9.17) is 9.15 Å². The molecule has 6 nitrogen and oxygen atoms in total. The fourth-order valence-electron chi connectivity index (χ4n) is 3.31. The van der Waals surface area contributed by atoms with E-state index in [-0.39, 0.29) is 17.8 Å². The van der Waals surface area contributed by atoms with Crippen LogP contribution >= 0.6 is 0 Å². The molecule has 7 heteroatoms. The van der Waals surface area contributed by atoms with Gasteiger partial charge < -0.3 is 19.0 Å². The van der Waals surface area contributed by atoms with Crippen LogP contribution in [0.5, 0.6) is 0 Å². The van der Waals surface area contributed by atoms with Crippen molar-refractivity contribution in [2.24, 2.45) is 0 Å². The molecule has 0 bridgehead atoms. The van der Waals surface area contributed by atoms with E-state index in [1.54, 1.807) is 30.2 Å². The first-order chi connectivity index (χ1) is 12.2. The lowest BCUT2D eigenvalue weighted by Crippen LogP contribution is -2.30. The number of hydrogen-bond donors (Lipinski definition) is 1. The Bertz CT molecular complexity index is 917. The zero-order valence-corrected chi connectivity index (χ0v) is 13.8. The van der Waals surface area contributed by atoms with Crippen LogP contribution in [0.15, 0.2) is 34.7 Å². The molecule has 3 heterocycles. The number of aromatic amines is 1. The highest BCUT2D eigenvalue weighted by Crippen LogP contribution is 2.33. The Balaban J connectivity index is 1.61. The van der Waals surface area contributed by atoms with Gasteiger partial charge in [-0.25, -0.2) is 9.37 Å². The van der Waals surface area contributed by atoms with Crippen molar-refractivity contribution in [2.45, 2.75) is 25.5 Å². The predicted octanol–water partition coefficient (Wildman–Crippen LogP) is 3.42. The molecule has 2 aromatic heterocycles. The summed E-state index contributed by atoms with van der Waals surface area (Å²) < 4.78 is 24.0. The molecule has 1 amide bonds. The molecule has 25 heavy (non-hydrogen) atoms. The molecule has 1 aliphatic heterocycles. The summed E-state index contributed by atoms with van der Waals surface area (Å²) in [6.07, 6.45) is 1.69. The van der Waals surface area contributed by atoms with Crippen molar-refractivity contribution in [1.29, 1.82) is 0 Å². The van der Waals surface area contributed by atoms with Gasteiger partial charge in [-0.1, -0.05) is 0 Å². The SMILES string of the molecule is COCc1ccc(C(=O)N2CCC[C@@H]2c2nc3ccc(F)cc3[nH]2)o1. The van der Waals surface area contributed by atoms with Crippen LogP contribution in [0, 0.1) is 5.82 Å². The number of benzene rings is 1. The lowest BCUT2D eigenvalue weighted by Gasteiger charge is -2.22. The average molecular weight is 343 g/mol. The van der Waals surface area contributed by atoms with Gasteiger partial charge in [-0.2, -0.15) is 0 Å². The van der Waals surface area contributed by atoms with Crippen molar-refractivity contribution < 1.29 is 18.3 Å². The van der Waals surface area contributed by atoms with Gasteiger partial charge in [0.25, 0.3) is 5.91 Å². The zero-order valence-electron chi connectivity index (χ0n) is 13.8. The number of H-pyrrole nitrogens is 1. The Morgan fingerprint density at radius 2 is 2.32 bits per heavy atom. The highest BCUT2D eigenvalue weighted by Gasteiger charge is 2.34. The van der Waals surface area contributed by atoms with Crippen LogP contribution in [0.4, 0.5) is 4.39 Å². The maximum absolute atomic E-state index is 13.4. The fourth-order valence-corrected chi connectivity index (χ4v) is 3.31. The van der Waals surface area contributed by atoms with Crippen molar-refractivity contribution in [3.63, 3.8) is 0 Å². The van der Waals surface area contributed by atoms with Crippen molar-refractivity contribution in [1.82, 2.24) is 14.9 Å². The molecule has 130 valence electrons. The number of carbonyl (C=O) groups excluding carboxylic acids is 1. The second-order valence-corrected chi connectivity index (χ2v) is 6.14. The van der Waals surface area contributed by atoms with E-state index in [1.807, 2.05) is 0 Å². The molecule has 1 N–H and O–H groups in total. The van der Waals surface area contributed by atoms with Gasteiger partial charge in [0.05, 0.1) is 17.1 Å². The normalized spacial score (nSPS) is 17.5. The summed E-state index contributed by atoms with van der Waals surface area (Å²) in [6.45, 7) is 0.959. The molecule has 1 aliphatic rings. The monoisotopic (exact) mass is 343 g/mol. The van der Waals surface area contributed by atoms with Gasteiger partial charge in [-0.15, -0.1) is 0 Å². The summed E-state index contributed by atoms with van der Waals surface area (Å²) in [7, 11) is 1.57. The molecule has 3 aromatic rings. The number of halogens is 1. The Labute approximate surface area is 143 Å². The number of ether oxygens (including phenoxy) is 1. The minimum atomic E-state index is -0.316. The van der Waals surface area contributed by atoms with Crippen molar-refractivity contribution >= 4 is 16.9 Å². The number of rotatable bonds is 4. The first-order valence-electron chi connectivity index (χ1n) is 8.19. The molecule has 4 rings (SSSR count). The molecular formula is C18H18FN3O3. The number of likely N-dealkylation sites (tertiary alicyclic amines) is 1. The summed E-state index contributed by atoms with van der Waals surface area (Å²) >= 11 is 0. The number of hydrogen-bond acceptors (Lipinski definition) is 4. The average Bonchev–Trinajstić information content (AvgIpc) is 3.32. The molecule has 1 saturated heterocycles. The van der Waals surface area contributed by atoms with E-state index in [9.17, 15) is 9.18 Å². The molecule has 0 aliphatic carbocycles. The van der Waals surface area contributed by atoms with E-state index in [1.165, 1.54) is 12.1 Å². The van der Waals surface area contributed by atoms with Gasteiger partial charge in [-0.05, 0) is 43.2 Å². The molecule has 0 saturated carbocycles. The van der Waals surface area contributed by atoms with Crippen LogP contribution in [-0.4, -0.2) is 34.4 Å². The highest BCUT2D eigenvalue weighted by molar-refractivity contribution is 5.92. The lowest BCUT2D eigenvalue weighted by atomic mass is 10.2. The molecule has 0 unspecified atom stereocenters. The summed E-state index contributed by atoms with van der Waals surface area (Å²) in [5, 5.41) is 0. The Kier molecular flexibility index (Phi) is 4.01. The molecular weight excluding hydrogens is 325 g/mol. The van der Waals surface area contributed by atoms with Gasteiger partial charge in [0, 0.05) is 13.7 Å². The minimum Gasteiger partial charge on any atom is -0.453 e. The number of furan rings is 1. The number of carbonyl (C=O) groups is 1. The third-order valence-corrected chi connectivity index (χ3v) is 4.45. The number of aromatic nitrogens is 2. The molecule has 1 atom stereocenters. The minimum absolute atomic E-state index is 0.168. The van der Waals surface area contributed by atoms with Gasteiger partial charge >= 0.3 is 0 Å². The number of imidazole rings is 1. The molecule has 1 aromatic carbocycles. The summed E-state index contributed by atoms with van der Waals surface area (Å²) in [5.41, 5.74) is 1.32. The predicted molar refractivity (Wildman–Crippen MR) is 88.5 cm³/mol. The quantitative estimate of drug-likeness (QED) is 0.788. The lowest BCUT2D eigenvalue weighted by molar-refractivity contribution is 0.0690. The molecule has 1 fully saturated rings.